The fourth-order valence-electron chi connectivity index (χ4n) is 4.23. The summed E-state index contributed by atoms with van der Waals surface area (Å²) in [5.74, 6) is -2.45. The summed E-state index contributed by atoms with van der Waals surface area (Å²) in [6, 6.07) is 0.525. The molecule has 1 fully saturated rings. The van der Waals surface area contributed by atoms with E-state index in [2.05, 4.69) is 0 Å². The van der Waals surface area contributed by atoms with Crippen molar-refractivity contribution in [1.29, 1.82) is 0 Å². The van der Waals surface area contributed by atoms with Crippen LogP contribution < -0.4 is 20.9 Å². The second-order valence-corrected chi connectivity index (χ2v) is 7.58. The van der Waals surface area contributed by atoms with E-state index in [-0.39, 0.29) is 30.0 Å². The van der Waals surface area contributed by atoms with E-state index in [1.54, 1.807) is 11.8 Å². The average Bonchev–Trinajstić information content (AvgIpc) is 3.13. The van der Waals surface area contributed by atoms with E-state index in [4.69, 9.17) is 10.5 Å². The molecule has 2 aromatic rings. The SMILES string of the molecule is C[C@H]1COc2c(N3CC[C@@H]([C@@H](N)C(F)F)C3)c(F)cc3cc(C(=O)O)c(=O)n1c23. The van der Waals surface area contributed by atoms with Crippen LogP contribution in [0, 0.1) is 11.7 Å². The molecule has 0 radical (unpaired) electrons. The second-order valence-electron chi connectivity index (χ2n) is 7.58. The van der Waals surface area contributed by atoms with Gasteiger partial charge in [-0.2, -0.15) is 0 Å². The highest BCUT2D eigenvalue weighted by Gasteiger charge is 2.36. The zero-order valence-corrected chi connectivity index (χ0v) is 15.6. The standard InChI is InChI=1S/C19H20F3N3O4/c1-8-7-29-16-14-10(4-11(19(27)28)18(26)25(8)14)5-12(20)15(16)24-3-2-9(6-24)13(23)17(21)22/h4-5,8-9,13,17H,2-3,6-7,23H2,1H3,(H,27,28)/t8-,9+,13+/m0/s1. The highest BCUT2D eigenvalue weighted by atomic mass is 19.3. The number of halogens is 3. The Labute approximate surface area is 163 Å². The molecule has 0 unspecified atom stereocenters. The Hall–Kier alpha value is -2.75. The van der Waals surface area contributed by atoms with Crippen molar-refractivity contribution in [1.82, 2.24) is 4.57 Å². The first-order chi connectivity index (χ1) is 13.7. The Morgan fingerprint density at radius 3 is 2.76 bits per heavy atom. The van der Waals surface area contributed by atoms with Crippen molar-refractivity contribution in [3.63, 3.8) is 0 Å². The van der Waals surface area contributed by atoms with Crippen LogP contribution in [-0.4, -0.2) is 47.8 Å². The first kappa shape index (κ1) is 19.6. The number of carboxylic acids is 1. The lowest BCUT2D eigenvalue weighted by Crippen LogP contribution is -2.39. The quantitative estimate of drug-likeness (QED) is 0.801. The third-order valence-electron chi connectivity index (χ3n) is 5.72. The van der Waals surface area contributed by atoms with Crippen LogP contribution in [-0.2, 0) is 0 Å². The summed E-state index contributed by atoms with van der Waals surface area (Å²) < 4.78 is 48.1. The lowest BCUT2D eigenvalue weighted by atomic mass is 10.0. The molecule has 0 aliphatic carbocycles. The predicted molar refractivity (Wildman–Crippen MR) is 99.6 cm³/mol. The zero-order chi connectivity index (χ0) is 21.0. The van der Waals surface area contributed by atoms with Gasteiger partial charge in [-0.1, -0.05) is 0 Å². The normalized spacial score (nSPS) is 22.2. The molecule has 0 amide bonds. The maximum absolute atomic E-state index is 15.1. The number of carboxylic acid groups (broad SMARTS) is 1. The maximum atomic E-state index is 15.1. The molecule has 0 spiro atoms. The van der Waals surface area contributed by atoms with Crippen LogP contribution in [0.1, 0.15) is 29.7 Å². The van der Waals surface area contributed by atoms with E-state index < -0.39 is 47.3 Å². The molecule has 10 heteroatoms. The largest absolute Gasteiger partial charge is 0.487 e. The molecule has 1 aromatic heterocycles. The van der Waals surface area contributed by atoms with Crippen molar-refractivity contribution in [2.45, 2.75) is 31.9 Å². The molecule has 2 aliphatic heterocycles. The molecular formula is C19H20F3N3O4. The topological polar surface area (TPSA) is 97.8 Å². The number of alkyl halides is 2. The number of aromatic carboxylic acids is 1. The van der Waals surface area contributed by atoms with Crippen LogP contribution in [0.2, 0.25) is 0 Å². The summed E-state index contributed by atoms with van der Waals surface area (Å²) in [5, 5.41) is 9.55. The van der Waals surface area contributed by atoms with Crippen molar-refractivity contribution in [3.05, 3.63) is 33.9 Å². The Morgan fingerprint density at radius 2 is 2.10 bits per heavy atom. The van der Waals surface area contributed by atoms with Gasteiger partial charge in [-0.15, -0.1) is 0 Å². The number of hydrogen-bond donors (Lipinski definition) is 2. The Morgan fingerprint density at radius 1 is 1.38 bits per heavy atom. The summed E-state index contributed by atoms with van der Waals surface area (Å²) in [6.07, 6.45) is -2.29. The molecule has 156 valence electrons. The highest BCUT2D eigenvalue weighted by molar-refractivity contribution is 5.97. The van der Waals surface area contributed by atoms with E-state index in [0.717, 1.165) is 12.1 Å². The third-order valence-corrected chi connectivity index (χ3v) is 5.72. The smallest absolute Gasteiger partial charge is 0.341 e. The van der Waals surface area contributed by atoms with Gasteiger partial charge >= 0.3 is 5.97 Å². The van der Waals surface area contributed by atoms with Crippen LogP contribution >= 0.6 is 0 Å². The monoisotopic (exact) mass is 411 g/mol. The molecule has 1 saturated heterocycles. The Bertz CT molecular complexity index is 1060. The minimum absolute atomic E-state index is 0.0509. The minimum Gasteiger partial charge on any atom is -0.487 e. The average molecular weight is 411 g/mol. The highest BCUT2D eigenvalue weighted by Crippen LogP contribution is 2.43. The molecule has 3 heterocycles. The molecule has 3 atom stereocenters. The molecule has 0 saturated carbocycles. The van der Waals surface area contributed by atoms with Gasteiger partial charge in [0.1, 0.15) is 17.9 Å². The van der Waals surface area contributed by atoms with Crippen LogP contribution in [0.5, 0.6) is 5.75 Å². The first-order valence-electron chi connectivity index (χ1n) is 9.27. The molecule has 4 rings (SSSR count). The summed E-state index contributed by atoms with van der Waals surface area (Å²) >= 11 is 0. The van der Waals surface area contributed by atoms with Crippen LogP contribution in [0.3, 0.4) is 0 Å². The van der Waals surface area contributed by atoms with E-state index >= 15 is 4.39 Å². The number of pyridine rings is 1. The number of carbonyl (C=O) groups is 1. The Balaban J connectivity index is 1.88. The summed E-state index contributed by atoms with van der Waals surface area (Å²) in [6.45, 7) is 2.20. The molecule has 0 bridgehead atoms. The van der Waals surface area contributed by atoms with Gasteiger partial charge in [-0.3, -0.25) is 9.36 Å². The van der Waals surface area contributed by atoms with Gasteiger partial charge in [0.15, 0.2) is 11.6 Å². The van der Waals surface area contributed by atoms with Crippen molar-refractivity contribution in [2.75, 3.05) is 24.6 Å². The fraction of sp³-hybridized carbons (Fsp3) is 0.474. The molecule has 3 N–H and O–H groups in total. The van der Waals surface area contributed by atoms with Crippen molar-refractivity contribution >= 4 is 22.6 Å². The number of benzene rings is 1. The number of aromatic nitrogens is 1. The number of nitrogens with zero attached hydrogens (tertiary/aromatic N) is 2. The molecular weight excluding hydrogens is 391 g/mol. The number of hydrogen-bond acceptors (Lipinski definition) is 5. The zero-order valence-electron chi connectivity index (χ0n) is 15.6. The molecule has 1 aromatic carbocycles. The number of anilines is 1. The molecule has 29 heavy (non-hydrogen) atoms. The number of nitrogens with two attached hydrogens (primary N) is 1. The Kier molecular flexibility index (Phi) is 4.68. The second kappa shape index (κ2) is 6.94. The van der Waals surface area contributed by atoms with Crippen molar-refractivity contribution in [3.8, 4) is 5.75 Å². The summed E-state index contributed by atoms with van der Waals surface area (Å²) in [7, 11) is 0. The molecule has 7 nitrogen and oxygen atoms in total. The van der Waals surface area contributed by atoms with Gasteiger partial charge in [0.25, 0.3) is 12.0 Å². The van der Waals surface area contributed by atoms with Crippen LogP contribution in [0.15, 0.2) is 16.9 Å². The van der Waals surface area contributed by atoms with Gasteiger partial charge < -0.3 is 20.5 Å². The van der Waals surface area contributed by atoms with Crippen molar-refractivity contribution in [2.24, 2.45) is 11.7 Å². The van der Waals surface area contributed by atoms with Crippen LogP contribution in [0.25, 0.3) is 10.9 Å². The first-order valence-corrected chi connectivity index (χ1v) is 9.27. The lowest BCUT2D eigenvalue weighted by molar-refractivity contribution is 0.0693. The van der Waals surface area contributed by atoms with Gasteiger partial charge in [-0.05, 0) is 31.4 Å². The van der Waals surface area contributed by atoms with E-state index in [9.17, 15) is 23.5 Å². The van der Waals surface area contributed by atoms with E-state index in [0.29, 0.717) is 18.5 Å². The number of ether oxygens (including phenoxy) is 1. The summed E-state index contributed by atoms with van der Waals surface area (Å²) in [4.78, 5) is 25.7. The molecule has 2 aliphatic rings. The third kappa shape index (κ3) is 3.02. The van der Waals surface area contributed by atoms with Crippen molar-refractivity contribution < 1.29 is 27.8 Å². The summed E-state index contributed by atoms with van der Waals surface area (Å²) in [5.41, 5.74) is 4.82. The minimum atomic E-state index is -2.67. The fourth-order valence-corrected chi connectivity index (χ4v) is 4.23. The number of rotatable bonds is 4. The predicted octanol–water partition coefficient (Wildman–Crippen LogP) is 2.21. The van der Waals surface area contributed by atoms with Crippen LogP contribution in [0.4, 0.5) is 18.9 Å². The van der Waals surface area contributed by atoms with E-state index in [1.807, 2.05) is 0 Å². The van der Waals surface area contributed by atoms with Gasteiger partial charge in [0.05, 0.1) is 17.6 Å². The van der Waals surface area contributed by atoms with Gasteiger partial charge in [0.2, 0.25) is 0 Å². The van der Waals surface area contributed by atoms with E-state index in [1.165, 1.54) is 4.57 Å². The van der Waals surface area contributed by atoms with Gasteiger partial charge in [-0.25, -0.2) is 18.0 Å². The van der Waals surface area contributed by atoms with Gasteiger partial charge in [0, 0.05) is 18.5 Å². The lowest BCUT2D eigenvalue weighted by Gasteiger charge is -2.31. The maximum Gasteiger partial charge on any atom is 0.341 e.